The van der Waals surface area contributed by atoms with Crippen LogP contribution in [-0.2, 0) is 0 Å². The van der Waals surface area contributed by atoms with E-state index in [1.54, 1.807) is 30.3 Å². The summed E-state index contributed by atoms with van der Waals surface area (Å²) in [4.78, 5) is 24.1. The van der Waals surface area contributed by atoms with Gasteiger partial charge in [0.25, 0.3) is 0 Å². The molecule has 6 nitrogen and oxygen atoms in total. The first-order chi connectivity index (χ1) is 9.16. The number of hydrogen-bond donors (Lipinski definition) is 1. The number of likely N-dealkylation sites (tertiary alicyclic amines) is 1. The Hall–Kier alpha value is -2.37. The summed E-state index contributed by atoms with van der Waals surface area (Å²) < 4.78 is 0. The minimum atomic E-state index is -0.570. The highest BCUT2D eigenvalue weighted by Gasteiger charge is 2.19. The van der Waals surface area contributed by atoms with Crippen LogP contribution in [0.15, 0.2) is 42.4 Å². The first-order valence-electron chi connectivity index (χ1n) is 6.13. The van der Waals surface area contributed by atoms with Crippen molar-refractivity contribution in [2.75, 3.05) is 13.1 Å². The van der Waals surface area contributed by atoms with Gasteiger partial charge in [-0.25, -0.2) is 10.1 Å². The van der Waals surface area contributed by atoms with Crippen molar-refractivity contribution >= 4 is 5.91 Å². The van der Waals surface area contributed by atoms with E-state index in [2.05, 4.69) is 5.32 Å². The van der Waals surface area contributed by atoms with Crippen LogP contribution in [0.4, 0.5) is 0 Å². The Labute approximate surface area is 110 Å². The van der Waals surface area contributed by atoms with E-state index < -0.39 is 10.8 Å². The van der Waals surface area contributed by atoms with Gasteiger partial charge in [-0.1, -0.05) is 18.2 Å². The van der Waals surface area contributed by atoms with Crippen molar-refractivity contribution in [3.8, 4) is 0 Å². The maximum Gasteiger partial charge on any atom is 0.339 e. The molecule has 1 heterocycles. The Kier molecular flexibility index (Phi) is 4.12. The molecule has 2 rings (SSSR count). The zero-order chi connectivity index (χ0) is 13.7. The van der Waals surface area contributed by atoms with Crippen molar-refractivity contribution < 1.29 is 9.72 Å². The zero-order valence-electron chi connectivity index (χ0n) is 10.4. The molecular formula is C13H15N3O3. The van der Waals surface area contributed by atoms with Gasteiger partial charge in [0.1, 0.15) is 0 Å². The summed E-state index contributed by atoms with van der Waals surface area (Å²) in [5, 5.41) is 13.3. The summed E-state index contributed by atoms with van der Waals surface area (Å²) >= 11 is 0. The number of nitrogens with one attached hydrogen (secondary N) is 1. The van der Waals surface area contributed by atoms with Gasteiger partial charge in [0.15, 0.2) is 0 Å². The number of amides is 1. The first-order valence-corrected chi connectivity index (χ1v) is 6.13. The molecule has 0 unspecified atom stereocenters. The molecule has 19 heavy (non-hydrogen) atoms. The normalized spacial score (nSPS) is 15.4. The van der Waals surface area contributed by atoms with Crippen LogP contribution in [-0.4, -0.2) is 28.8 Å². The van der Waals surface area contributed by atoms with Crippen LogP contribution in [0.1, 0.15) is 23.2 Å². The Balaban J connectivity index is 2.08. The number of carbonyl (C=O) groups is 1. The summed E-state index contributed by atoms with van der Waals surface area (Å²) in [6.07, 6.45) is 3.45. The minimum absolute atomic E-state index is 0.282. The predicted octanol–water partition coefficient (Wildman–Crippen LogP) is 1.59. The van der Waals surface area contributed by atoms with Gasteiger partial charge in [0.05, 0.1) is 11.8 Å². The second-order valence-electron chi connectivity index (χ2n) is 4.33. The molecule has 0 bridgehead atoms. The third-order valence-corrected chi connectivity index (χ3v) is 2.92. The third kappa shape index (κ3) is 3.54. The highest BCUT2D eigenvalue weighted by Crippen LogP contribution is 2.09. The molecule has 1 aliphatic heterocycles. The fraction of sp³-hybridized carbons (Fsp3) is 0.308. The highest BCUT2D eigenvalue weighted by atomic mass is 16.6. The van der Waals surface area contributed by atoms with Gasteiger partial charge in [-0.15, -0.1) is 0 Å². The summed E-state index contributed by atoms with van der Waals surface area (Å²) in [7, 11) is 0. The van der Waals surface area contributed by atoms with Crippen molar-refractivity contribution in [3.63, 3.8) is 0 Å². The van der Waals surface area contributed by atoms with Gasteiger partial charge in [0.2, 0.25) is 0 Å². The third-order valence-electron chi connectivity index (χ3n) is 2.92. The van der Waals surface area contributed by atoms with E-state index in [1.807, 2.05) is 4.90 Å². The largest absolute Gasteiger partial charge is 0.371 e. The predicted molar refractivity (Wildman–Crippen MR) is 69.8 cm³/mol. The van der Waals surface area contributed by atoms with Crippen LogP contribution in [0.3, 0.4) is 0 Å². The van der Waals surface area contributed by atoms with Gasteiger partial charge in [0, 0.05) is 13.1 Å². The standard InChI is InChI=1S/C13H15N3O3/c17-13(11-6-2-1-3-7-11)14-12(16(18)19)10-15-8-4-5-9-15/h1-3,6-7,10H,4-5,8-9H2,(H,14,17)/b12-10+. The van der Waals surface area contributed by atoms with Crippen molar-refractivity contribution in [3.05, 3.63) is 58.0 Å². The van der Waals surface area contributed by atoms with Gasteiger partial charge < -0.3 is 15.0 Å². The summed E-state index contributed by atoms with van der Waals surface area (Å²) in [5.74, 6) is -0.751. The Bertz CT molecular complexity index is 493. The Morgan fingerprint density at radius 1 is 1.26 bits per heavy atom. The van der Waals surface area contributed by atoms with E-state index in [9.17, 15) is 14.9 Å². The first kappa shape index (κ1) is 13.1. The van der Waals surface area contributed by atoms with E-state index in [1.165, 1.54) is 6.20 Å². The number of benzene rings is 1. The van der Waals surface area contributed by atoms with Crippen LogP contribution in [0.5, 0.6) is 0 Å². The van der Waals surface area contributed by atoms with E-state index >= 15 is 0 Å². The average molecular weight is 261 g/mol. The minimum Gasteiger partial charge on any atom is -0.371 e. The average Bonchev–Trinajstić information content (AvgIpc) is 2.91. The molecule has 0 aliphatic carbocycles. The maximum atomic E-state index is 11.9. The number of nitrogens with zero attached hydrogens (tertiary/aromatic N) is 2. The van der Waals surface area contributed by atoms with Gasteiger partial charge in [-0.05, 0) is 29.9 Å². The van der Waals surface area contributed by atoms with Crippen LogP contribution < -0.4 is 5.32 Å². The fourth-order valence-electron chi connectivity index (χ4n) is 1.95. The van der Waals surface area contributed by atoms with Gasteiger partial charge in [-0.3, -0.25) is 0 Å². The molecule has 1 amide bonds. The molecule has 0 saturated carbocycles. The van der Waals surface area contributed by atoms with Crippen LogP contribution in [0.2, 0.25) is 0 Å². The topological polar surface area (TPSA) is 75.5 Å². The van der Waals surface area contributed by atoms with Crippen LogP contribution >= 0.6 is 0 Å². The molecule has 1 saturated heterocycles. The number of hydrogen-bond acceptors (Lipinski definition) is 4. The molecule has 1 aromatic carbocycles. The lowest BCUT2D eigenvalue weighted by Crippen LogP contribution is -2.29. The fourth-order valence-corrected chi connectivity index (χ4v) is 1.95. The SMILES string of the molecule is O=C(N/C(=C\N1CCCC1)[N+](=O)[O-])c1ccccc1. The van der Waals surface area contributed by atoms with Crippen LogP contribution in [0, 0.1) is 10.1 Å². The monoisotopic (exact) mass is 261 g/mol. The van der Waals surface area contributed by atoms with Crippen molar-refractivity contribution in [1.82, 2.24) is 10.2 Å². The van der Waals surface area contributed by atoms with Crippen molar-refractivity contribution in [2.45, 2.75) is 12.8 Å². The van der Waals surface area contributed by atoms with E-state index in [0.29, 0.717) is 5.56 Å². The highest BCUT2D eigenvalue weighted by molar-refractivity contribution is 5.94. The molecule has 0 aromatic heterocycles. The summed E-state index contributed by atoms with van der Waals surface area (Å²) in [6, 6.07) is 8.44. The molecule has 6 heteroatoms. The molecular weight excluding hydrogens is 246 g/mol. The number of carbonyl (C=O) groups excluding carboxylic acids is 1. The molecule has 100 valence electrons. The summed E-state index contributed by atoms with van der Waals surface area (Å²) in [5.41, 5.74) is 0.400. The smallest absolute Gasteiger partial charge is 0.339 e. The maximum absolute atomic E-state index is 11.9. The van der Waals surface area contributed by atoms with E-state index in [0.717, 1.165) is 25.9 Å². The molecule has 0 radical (unpaired) electrons. The molecule has 0 spiro atoms. The quantitative estimate of drug-likeness (QED) is 0.659. The summed E-state index contributed by atoms with van der Waals surface area (Å²) in [6.45, 7) is 1.58. The number of rotatable bonds is 4. The molecule has 1 aliphatic rings. The van der Waals surface area contributed by atoms with Crippen molar-refractivity contribution in [2.24, 2.45) is 0 Å². The lowest BCUT2D eigenvalue weighted by molar-refractivity contribution is -0.431. The lowest BCUT2D eigenvalue weighted by Gasteiger charge is -2.11. The molecule has 1 aromatic rings. The number of nitro groups is 1. The lowest BCUT2D eigenvalue weighted by atomic mass is 10.2. The zero-order valence-corrected chi connectivity index (χ0v) is 10.4. The van der Waals surface area contributed by atoms with E-state index in [-0.39, 0.29) is 5.82 Å². The second-order valence-corrected chi connectivity index (χ2v) is 4.33. The van der Waals surface area contributed by atoms with Crippen molar-refractivity contribution in [1.29, 1.82) is 0 Å². The Morgan fingerprint density at radius 2 is 1.89 bits per heavy atom. The Morgan fingerprint density at radius 3 is 2.47 bits per heavy atom. The molecule has 0 atom stereocenters. The van der Waals surface area contributed by atoms with E-state index in [4.69, 9.17) is 0 Å². The molecule has 1 N–H and O–H groups in total. The van der Waals surface area contributed by atoms with Gasteiger partial charge in [-0.2, -0.15) is 0 Å². The second kappa shape index (κ2) is 5.99. The van der Waals surface area contributed by atoms with Gasteiger partial charge >= 0.3 is 11.7 Å². The molecule has 1 fully saturated rings. The van der Waals surface area contributed by atoms with Crippen LogP contribution in [0.25, 0.3) is 0 Å².